The summed E-state index contributed by atoms with van der Waals surface area (Å²) < 4.78 is 13.4. The Morgan fingerprint density at radius 2 is 1.28 bits per heavy atom. The number of ether oxygens (including phenoxy) is 2. The van der Waals surface area contributed by atoms with Crippen molar-refractivity contribution in [2.75, 3.05) is 13.2 Å². The summed E-state index contributed by atoms with van der Waals surface area (Å²) in [4.78, 5) is 0. The van der Waals surface area contributed by atoms with E-state index in [9.17, 15) is 0 Å². The van der Waals surface area contributed by atoms with Crippen molar-refractivity contribution in [3.63, 3.8) is 0 Å². The molecule has 0 radical (unpaired) electrons. The van der Waals surface area contributed by atoms with E-state index in [1.54, 1.807) is 0 Å². The Labute approximate surface area is 126 Å². The Hall–Kier alpha value is -0.220. The van der Waals surface area contributed by atoms with Gasteiger partial charge < -0.3 is 9.47 Å². The van der Waals surface area contributed by atoms with E-state index in [4.69, 9.17) is 9.47 Å². The lowest BCUT2D eigenvalue weighted by atomic mass is 10.3. The monoisotopic (exact) mass is 378 g/mol. The first-order valence-electron chi connectivity index (χ1n) is 6.43. The van der Waals surface area contributed by atoms with Gasteiger partial charge >= 0.3 is 0 Å². The van der Waals surface area contributed by atoms with Crippen molar-refractivity contribution in [2.24, 2.45) is 0 Å². The van der Waals surface area contributed by atoms with E-state index in [0.717, 1.165) is 59.3 Å². The minimum absolute atomic E-state index is 0.741. The van der Waals surface area contributed by atoms with Gasteiger partial charge in [-0.2, -0.15) is 0 Å². The Morgan fingerprint density at radius 3 is 1.67 bits per heavy atom. The molecule has 0 N–H and O–H groups in total. The van der Waals surface area contributed by atoms with Crippen molar-refractivity contribution in [1.82, 2.24) is 0 Å². The second kappa shape index (κ2) is 8.81. The first-order chi connectivity index (χ1) is 8.69. The topological polar surface area (TPSA) is 18.5 Å². The fourth-order valence-corrected chi connectivity index (χ4v) is 2.61. The molecule has 1 aromatic rings. The van der Waals surface area contributed by atoms with Crippen molar-refractivity contribution in [3.8, 4) is 11.5 Å². The van der Waals surface area contributed by atoms with Crippen molar-refractivity contribution in [2.45, 2.75) is 39.5 Å². The zero-order valence-electron chi connectivity index (χ0n) is 11.0. The van der Waals surface area contributed by atoms with Crippen LogP contribution in [0.15, 0.2) is 21.1 Å². The second-order valence-corrected chi connectivity index (χ2v) is 5.83. The lowest BCUT2D eigenvalue weighted by Gasteiger charge is -2.12. The molecule has 0 amide bonds. The predicted molar refractivity (Wildman–Crippen MR) is 82.6 cm³/mol. The van der Waals surface area contributed by atoms with Crippen molar-refractivity contribution in [1.29, 1.82) is 0 Å². The molecule has 0 aromatic heterocycles. The zero-order chi connectivity index (χ0) is 13.4. The van der Waals surface area contributed by atoms with E-state index in [1.165, 1.54) is 0 Å². The third-order valence-corrected chi connectivity index (χ3v) is 3.74. The van der Waals surface area contributed by atoms with Gasteiger partial charge in [-0.25, -0.2) is 0 Å². The van der Waals surface area contributed by atoms with E-state index in [2.05, 4.69) is 45.7 Å². The van der Waals surface area contributed by atoms with Crippen LogP contribution >= 0.6 is 31.9 Å². The van der Waals surface area contributed by atoms with Crippen molar-refractivity contribution < 1.29 is 9.47 Å². The maximum Gasteiger partial charge on any atom is 0.137 e. The summed E-state index contributed by atoms with van der Waals surface area (Å²) in [5.41, 5.74) is 0. The van der Waals surface area contributed by atoms with Gasteiger partial charge in [-0.3, -0.25) is 0 Å². The molecule has 18 heavy (non-hydrogen) atoms. The highest BCUT2D eigenvalue weighted by molar-refractivity contribution is 9.11. The Kier molecular flexibility index (Phi) is 7.75. The van der Waals surface area contributed by atoms with Crippen LogP contribution < -0.4 is 9.47 Å². The summed E-state index contributed by atoms with van der Waals surface area (Å²) in [5.74, 6) is 1.69. The Bertz CT molecular complexity index is 336. The summed E-state index contributed by atoms with van der Waals surface area (Å²) in [5, 5.41) is 0. The molecule has 0 unspecified atom stereocenters. The van der Waals surface area contributed by atoms with E-state index in [0.29, 0.717) is 0 Å². The lowest BCUT2D eigenvalue weighted by molar-refractivity contribution is 0.292. The highest BCUT2D eigenvalue weighted by Crippen LogP contribution is 2.36. The van der Waals surface area contributed by atoms with Gasteiger partial charge in [-0.1, -0.05) is 26.7 Å². The number of rotatable bonds is 8. The van der Waals surface area contributed by atoms with Gasteiger partial charge in [0.15, 0.2) is 0 Å². The quantitative estimate of drug-likeness (QED) is 0.549. The summed E-state index contributed by atoms with van der Waals surface area (Å²) >= 11 is 7.01. The molecule has 0 heterocycles. The molecule has 0 aliphatic rings. The van der Waals surface area contributed by atoms with Crippen LogP contribution in [0.25, 0.3) is 0 Å². The maximum absolute atomic E-state index is 5.73. The van der Waals surface area contributed by atoms with Crippen LogP contribution in [0.1, 0.15) is 39.5 Å². The summed E-state index contributed by atoms with van der Waals surface area (Å²) in [6.45, 7) is 5.79. The smallest absolute Gasteiger partial charge is 0.137 e. The highest BCUT2D eigenvalue weighted by atomic mass is 79.9. The molecular weight excluding hydrogens is 360 g/mol. The van der Waals surface area contributed by atoms with Crippen molar-refractivity contribution in [3.05, 3.63) is 21.1 Å². The molecule has 2 nitrogen and oxygen atoms in total. The summed E-state index contributed by atoms with van der Waals surface area (Å²) in [6.07, 6.45) is 4.39. The average molecular weight is 380 g/mol. The molecule has 0 saturated carbocycles. The van der Waals surface area contributed by atoms with Crippen LogP contribution in [0.2, 0.25) is 0 Å². The SMILES string of the molecule is CCCCOc1cc(OCCCC)c(Br)cc1Br. The molecule has 4 heteroatoms. The number of benzene rings is 1. The number of hydrogen-bond acceptors (Lipinski definition) is 2. The zero-order valence-corrected chi connectivity index (χ0v) is 14.1. The van der Waals surface area contributed by atoms with Crippen LogP contribution in [0.4, 0.5) is 0 Å². The average Bonchev–Trinajstić information content (AvgIpc) is 2.34. The molecule has 0 spiro atoms. The van der Waals surface area contributed by atoms with Crippen LogP contribution in [0.3, 0.4) is 0 Å². The Morgan fingerprint density at radius 1 is 0.833 bits per heavy atom. The third-order valence-electron chi connectivity index (χ3n) is 2.50. The Balaban J connectivity index is 2.68. The van der Waals surface area contributed by atoms with Gasteiger partial charge in [0.05, 0.1) is 22.2 Å². The number of unbranched alkanes of at least 4 members (excludes halogenated alkanes) is 2. The lowest BCUT2D eigenvalue weighted by Crippen LogP contribution is -2.00. The second-order valence-electron chi connectivity index (χ2n) is 4.12. The highest BCUT2D eigenvalue weighted by Gasteiger charge is 2.08. The molecule has 1 aromatic carbocycles. The minimum atomic E-state index is 0.741. The molecule has 0 saturated heterocycles. The van der Waals surface area contributed by atoms with E-state index >= 15 is 0 Å². The van der Waals surface area contributed by atoms with Gasteiger partial charge in [0, 0.05) is 6.07 Å². The predicted octanol–water partition coefficient (Wildman–Crippen LogP) is 5.57. The first-order valence-corrected chi connectivity index (χ1v) is 8.02. The van der Waals surface area contributed by atoms with Gasteiger partial charge in [-0.15, -0.1) is 0 Å². The number of hydrogen-bond donors (Lipinski definition) is 0. The standard InChI is InChI=1S/C14H20Br2O2/c1-3-5-7-17-13-10-14(18-8-6-4-2)12(16)9-11(13)15/h9-10H,3-8H2,1-2H3. The van der Waals surface area contributed by atoms with Crippen LogP contribution in [0, 0.1) is 0 Å². The molecule has 0 fully saturated rings. The third kappa shape index (κ3) is 5.19. The van der Waals surface area contributed by atoms with E-state index in [-0.39, 0.29) is 0 Å². The van der Waals surface area contributed by atoms with Gasteiger partial charge in [-0.05, 0) is 50.8 Å². The largest absolute Gasteiger partial charge is 0.492 e. The van der Waals surface area contributed by atoms with Gasteiger partial charge in [0.25, 0.3) is 0 Å². The fourth-order valence-electron chi connectivity index (χ4n) is 1.38. The fraction of sp³-hybridized carbons (Fsp3) is 0.571. The van der Waals surface area contributed by atoms with E-state index in [1.807, 2.05) is 12.1 Å². The minimum Gasteiger partial charge on any atom is -0.492 e. The van der Waals surface area contributed by atoms with E-state index < -0.39 is 0 Å². The molecule has 0 aliphatic carbocycles. The number of halogens is 2. The molecular formula is C14H20Br2O2. The molecule has 0 aliphatic heterocycles. The van der Waals surface area contributed by atoms with Gasteiger partial charge in [0.1, 0.15) is 11.5 Å². The van der Waals surface area contributed by atoms with Gasteiger partial charge in [0.2, 0.25) is 0 Å². The first kappa shape index (κ1) is 15.8. The normalized spacial score (nSPS) is 10.4. The van der Waals surface area contributed by atoms with Crippen LogP contribution in [-0.4, -0.2) is 13.2 Å². The molecule has 0 atom stereocenters. The molecule has 0 bridgehead atoms. The van der Waals surface area contributed by atoms with Crippen LogP contribution in [0.5, 0.6) is 11.5 Å². The maximum atomic E-state index is 5.73. The summed E-state index contributed by atoms with van der Waals surface area (Å²) in [7, 11) is 0. The van der Waals surface area contributed by atoms with Crippen molar-refractivity contribution >= 4 is 31.9 Å². The molecule has 102 valence electrons. The van der Waals surface area contributed by atoms with Crippen LogP contribution in [-0.2, 0) is 0 Å². The summed E-state index contributed by atoms with van der Waals surface area (Å²) in [6, 6.07) is 3.92. The molecule has 1 rings (SSSR count).